The maximum absolute atomic E-state index is 13.7. The predicted molar refractivity (Wildman–Crippen MR) is 141 cm³/mol. The molecule has 0 saturated carbocycles. The first-order valence-corrected chi connectivity index (χ1v) is 12.9. The van der Waals surface area contributed by atoms with Crippen molar-refractivity contribution in [1.29, 1.82) is 0 Å². The molecule has 35 heavy (non-hydrogen) atoms. The zero-order chi connectivity index (χ0) is 24.4. The number of phenolic OH excluding ortho intramolecular Hbond substituents is 2. The van der Waals surface area contributed by atoms with Crippen molar-refractivity contribution < 1.29 is 19.7 Å². The second-order valence-corrected chi connectivity index (χ2v) is 10.2. The summed E-state index contributed by atoms with van der Waals surface area (Å²) < 4.78 is 6.71. The van der Waals surface area contributed by atoms with Crippen molar-refractivity contribution in [2.75, 3.05) is 26.2 Å². The average Bonchev–Trinajstić information content (AvgIpc) is 3.25. The van der Waals surface area contributed by atoms with Crippen molar-refractivity contribution in [2.24, 2.45) is 0 Å². The van der Waals surface area contributed by atoms with Crippen LogP contribution in [0, 0.1) is 0 Å². The van der Waals surface area contributed by atoms with Gasteiger partial charge < -0.3 is 14.9 Å². The molecule has 5 nitrogen and oxygen atoms in total. The second kappa shape index (κ2) is 10.3. The van der Waals surface area contributed by atoms with Gasteiger partial charge in [0, 0.05) is 32.6 Å². The third-order valence-electron chi connectivity index (χ3n) is 6.35. The molecule has 0 unspecified atom stereocenters. The lowest BCUT2D eigenvalue weighted by atomic mass is 9.97. The standard InChI is InChI=1S/C28H26ClNO4S/c29-23-16-19(6-11-24(23)32)28-26(22-10-7-20(31)17-25(22)35-28)27(33)18-4-8-21(9-5-18)34-15-14-30-12-2-1-3-13-30/h4-11,16-17,31-32H,1-3,12-15H2. The molecule has 0 spiro atoms. The first-order chi connectivity index (χ1) is 17.0. The summed E-state index contributed by atoms with van der Waals surface area (Å²) in [5.41, 5.74) is 1.83. The summed E-state index contributed by atoms with van der Waals surface area (Å²) in [4.78, 5) is 16.9. The van der Waals surface area contributed by atoms with E-state index in [9.17, 15) is 15.0 Å². The maximum atomic E-state index is 13.7. The number of aromatic hydroxyl groups is 2. The summed E-state index contributed by atoms with van der Waals surface area (Å²) in [6, 6.07) is 17.1. The second-order valence-electron chi connectivity index (χ2n) is 8.76. The van der Waals surface area contributed by atoms with Gasteiger partial charge in [0.2, 0.25) is 0 Å². The molecule has 0 atom stereocenters. The fourth-order valence-corrected chi connectivity index (χ4v) is 5.89. The molecular formula is C28H26ClNO4S. The summed E-state index contributed by atoms with van der Waals surface area (Å²) in [7, 11) is 0. The summed E-state index contributed by atoms with van der Waals surface area (Å²) in [5.74, 6) is 0.738. The van der Waals surface area contributed by atoms with Gasteiger partial charge in [-0.2, -0.15) is 0 Å². The van der Waals surface area contributed by atoms with Gasteiger partial charge in [-0.15, -0.1) is 11.3 Å². The minimum absolute atomic E-state index is 0.0158. The summed E-state index contributed by atoms with van der Waals surface area (Å²) in [6.07, 6.45) is 3.83. The number of piperidine rings is 1. The Hall–Kier alpha value is -3.06. The van der Waals surface area contributed by atoms with Gasteiger partial charge in [0.15, 0.2) is 5.78 Å². The quantitative estimate of drug-likeness (QED) is 0.271. The van der Waals surface area contributed by atoms with Crippen molar-refractivity contribution in [3.8, 4) is 27.7 Å². The number of phenols is 2. The van der Waals surface area contributed by atoms with Crippen LogP contribution in [-0.2, 0) is 0 Å². The highest BCUT2D eigenvalue weighted by atomic mass is 35.5. The zero-order valence-corrected chi connectivity index (χ0v) is 20.7. The third kappa shape index (κ3) is 5.15. The molecule has 0 radical (unpaired) electrons. The molecule has 0 bridgehead atoms. The van der Waals surface area contributed by atoms with Crippen LogP contribution in [-0.4, -0.2) is 47.1 Å². The van der Waals surface area contributed by atoms with E-state index in [1.807, 2.05) is 12.1 Å². The molecule has 5 rings (SSSR count). The monoisotopic (exact) mass is 507 g/mol. The number of hydrogen-bond donors (Lipinski definition) is 2. The first kappa shape index (κ1) is 23.7. The SMILES string of the molecule is O=C(c1ccc(OCCN2CCCCC2)cc1)c1c(-c2ccc(O)c(Cl)c2)sc2cc(O)ccc12. The van der Waals surface area contributed by atoms with Crippen LogP contribution in [0.1, 0.15) is 35.2 Å². The molecule has 4 aromatic rings. The van der Waals surface area contributed by atoms with E-state index in [1.54, 1.807) is 42.5 Å². The van der Waals surface area contributed by atoms with Crippen LogP contribution in [0.25, 0.3) is 20.5 Å². The molecular weight excluding hydrogens is 482 g/mol. The van der Waals surface area contributed by atoms with Gasteiger partial charge in [0.05, 0.1) is 5.02 Å². The van der Waals surface area contributed by atoms with E-state index in [4.69, 9.17) is 16.3 Å². The fraction of sp³-hybridized carbons (Fsp3) is 0.250. The van der Waals surface area contributed by atoms with Crippen LogP contribution < -0.4 is 4.74 Å². The number of hydrogen-bond acceptors (Lipinski definition) is 6. The molecule has 2 N–H and O–H groups in total. The Kier molecular flexibility index (Phi) is 6.95. The van der Waals surface area contributed by atoms with Crippen LogP contribution >= 0.6 is 22.9 Å². The number of carbonyl (C=O) groups is 1. The van der Waals surface area contributed by atoms with Crippen LogP contribution in [0.15, 0.2) is 60.7 Å². The van der Waals surface area contributed by atoms with E-state index < -0.39 is 0 Å². The van der Waals surface area contributed by atoms with Gasteiger partial charge in [-0.1, -0.05) is 18.0 Å². The summed E-state index contributed by atoms with van der Waals surface area (Å²) in [5, 5.41) is 20.8. The zero-order valence-electron chi connectivity index (χ0n) is 19.2. The molecule has 3 aromatic carbocycles. The number of benzene rings is 3. The number of nitrogens with zero attached hydrogens (tertiary/aromatic N) is 1. The lowest BCUT2D eigenvalue weighted by Gasteiger charge is -2.26. The Labute approximate surface area is 213 Å². The molecule has 1 saturated heterocycles. The first-order valence-electron chi connectivity index (χ1n) is 11.7. The highest BCUT2D eigenvalue weighted by Gasteiger charge is 2.22. The number of carbonyl (C=O) groups excluding carboxylic acids is 1. The number of halogens is 1. The molecule has 1 aliphatic rings. The Morgan fingerprint density at radius 3 is 2.49 bits per heavy atom. The fourth-order valence-electron chi connectivity index (χ4n) is 4.48. The van der Waals surface area contributed by atoms with Gasteiger partial charge in [0.25, 0.3) is 0 Å². The molecule has 1 fully saturated rings. The van der Waals surface area contributed by atoms with Crippen LogP contribution in [0.5, 0.6) is 17.2 Å². The van der Waals surface area contributed by atoms with Gasteiger partial charge in [-0.3, -0.25) is 9.69 Å². The van der Waals surface area contributed by atoms with Crippen molar-refractivity contribution >= 4 is 38.8 Å². The van der Waals surface area contributed by atoms with E-state index in [1.165, 1.54) is 36.7 Å². The third-order valence-corrected chi connectivity index (χ3v) is 7.86. The highest BCUT2D eigenvalue weighted by molar-refractivity contribution is 7.22. The Bertz CT molecular complexity index is 1360. The number of ketones is 1. The van der Waals surface area contributed by atoms with Gasteiger partial charge >= 0.3 is 0 Å². The number of ether oxygens (including phenoxy) is 1. The van der Waals surface area contributed by atoms with Crippen molar-refractivity contribution in [3.63, 3.8) is 0 Å². The summed E-state index contributed by atoms with van der Waals surface area (Å²) >= 11 is 7.56. The number of fused-ring (bicyclic) bond motifs is 1. The molecule has 1 aliphatic heterocycles. The maximum Gasteiger partial charge on any atom is 0.195 e. The predicted octanol–water partition coefficient (Wildman–Crippen LogP) is 6.73. The Morgan fingerprint density at radius 1 is 0.971 bits per heavy atom. The molecule has 7 heteroatoms. The molecule has 2 heterocycles. The van der Waals surface area contributed by atoms with E-state index in [-0.39, 0.29) is 22.3 Å². The lowest BCUT2D eigenvalue weighted by molar-refractivity contribution is 0.104. The Morgan fingerprint density at radius 2 is 1.74 bits per heavy atom. The smallest absolute Gasteiger partial charge is 0.195 e. The minimum atomic E-state index is -0.124. The van der Waals surface area contributed by atoms with Crippen LogP contribution in [0.3, 0.4) is 0 Å². The summed E-state index contributed by atoms with van der Waals surface area (Å²) in [6.45, 7) is 3.81. The van der Waals surface area contributed by atoms with Crippen molar-refractivity contribution in [2.45, 2.75) is 19.3 Å². The van der Waals surface area contributed by atoms with Gasteiger partial charge in [-0.25, -0.2) is 0 Å². The van der Waals surface area contributed by atoms with E-state index >= 15 is 0 Å². The van der Waals surface area contributed by atoms with Crippen LogP contribution in [0.2, 0.25) is 5.02 Å². The number of likely N-dealkylation sites (tertiary alicyclic amines) is 1. The average molecular weight is 508 g/mol. The highest BCUT2D eigenvalue weighted by Crippen LogP contribution is 2.42. The molecule has 0 amide bonds. The van der Waals surface area contributed by atoms with E-state index in [0.29, 0.717) is 17.7 Å². The Balaban J connectivity index is 1.41. The normalized spacial score (nSPS) is 14.3. The minimum Gasteiger partial charge on any atom is -0.508 e. The largest absolute Gasteiger partial charge is 0.508 e. The lowest BCUT2D eigenvalue weighted by Crippen LogP contribution is -2.33. The number of thiophene rings is 1. The van der Waals surface area contributed by atoms with Crippen LogP contribution in [0.4, 0.5) is 0 Å². The van der Waals surface area contributed by atoms with Gasteiger partial charge in [-0.05, 0) is 92.2 Å². The van der Waals surface area contributed by atoms with Gasteiger partial charge in [0.1, 0.15) is 23.9 Å². The van der Waals surface area contributed by atoms with E-state index in [0.717, 1.165) is 45.9 Å². The molecule has 180 valence electrons. The molecule has 0 aliphatic carbocycles. The van der Waals surface area contributed by atoms with E-state index in [2.05, 4.69) is 4.90 Å². The molecule has 1 aromatic heterocycles. The van der Waals surface area contributed by atoms with Crippen molar-refractivity contribution in [1.82, 2.24) is 4.90 Å². The number of rotatable bonds is 7. The van der Waals surface area contributed by atoms with Crippen molar-refractivity contribution in [3.05, 3.63) is 76.8 Å². The topological polar surface area (TPSA) is 70.0 Å².